The third-order valence-electron chi connectivity index (χ3n) is 4.23. The Morgan fingerprint density at radius 1 is 1.03 bits per heavy atom. The first-order valence-electron chi connectivity index (χ1n) is 9.40. The first-order valence-corrected chi connectivity index (χ1v) is 9.78. The fourth-order valence-corrected chi connectivity index (χ4v) is 2.99. The van der Waals surface area contributed by atoms with Crippen LogP contribution in [0.25, 0.3) is 0 Å². The predicted octanol–water partition coefficient (Wildman–Crippen LogP) is 4.39. The van der Waals surface area contributed by atoms with Crippen molar-refractivity contribution < 1.29 is 14.3 Å². The SMILES string of the molecule is COCCOc1ccc(NC(=O)N(Cc2ccncc2)Cc2cccnc2)cc1Cl. The number of carbonyl (C=O) groups is 1. The minimum atomic E-state index is -0.250. The highest BCUT2D eigenvalue weighted by Gasteiger charge is 2.16. The molecule has 3 aromatic rings. The maximum absolute atomic E-state index is 13.0. The average molecular weight is 427 g/mol. The predicted molar refractivity (Wildman–Crippen MR) is 116 cm³/mol. The average Bonchev–Trinajstić information content (AvgIpc) is 2.76. The number of nitrogens with zero attached hydrogens (tertiary/aromatic N) is 3. The van der Waals surface area contributed by atoms with Gasteiger partial charge in [0.25, 0.3) is 0 Å². The number of ether oxygens (including phenoxy) is 2. The molecule has 0 bridgehead atoms. The molecule has 8 heteroatoms. The van der Waals surface area contributed by atoms with Gasteiger partial charge >= 0.3 is 6.03 Å². The van der Waals surface area contributed by atoms with Gasteiger partial charge in [0.1, 0.15) is 12.4 Å². The normalized spacial score (nSPS) is 10.5. The van der Waals surface area contributed by atoms with E-state index in [2.05, 4.69) is 15.3 Å². The molecule has 2 aromatic heterocycles. The summed E-state index contributed by atoms with van der Waals surface area (Å²) in [5, 5.41) is 3.32. The van der Waals surface area contributed by atoms with Gasteiger partial charge in [-0.15, -0.1) is 0 Å². The standard InChI is InChI=1S/C22H23ClN4O3/c1-29-11-12-30-21-5-4-19(13-20(21)23)26-22(28)27(15-17-6-9-24-10-7-17)16-18-3-2-8-25-14-18/h2-10,13-14H,11-12,15-16H2,1H3,(H,26,28). The van der Waals surface area contributed by atoms with Gasteiger partial charge in [0.05, 0.1) is 11.6 Å². The summed E-state index contributed by atoms with van der Waals surface area (Å²) in [5.41, 5.74) is 2.49. The smallest absolute Gasteiger partial charge is 0.322 e. The van der Waals surface area contributed by atoms with Gasteiger partial charge in [-0.3, -0.25) is 9.97 Å². The van der Waals surface area contributed by atoms with Gasteiger partial charge in [0.15, 0.2) is 0 Å². The Labute approximate surface area is 180 Å². The second-order valence-electron chi connectivity index (χ2n) is 6.49. The first-order chi connectivity index (χ1) is 14.7. The van der Waals surface area contributed by atoms with Crippen LogP contribution in [-0.2, 0) is 17.8 Å². The number of carbonyl (C=O) groups excluding carboxylic acids is 1. The summed E-state index contributed by atoms with van der Waals surface area (Å²) < 4.78 is 10.5. The van der Waals surface area contributed by atoms with E-state index in [0.717, 1.165) is 11.1 Å². The molecule has 0 fully saturated rings. The highest BCUT2D eigenvalue weighted by Crippen LogP contribution is 2.28. The Morgan fingerprint density at radius 2 is 1.83 bits per heavy atom. The van der Waals surface area contributed by atoms with Gasteiger partial charge in [-0.2, -0.15) is 0 Å². The topological polar surface area (TPSA) is 76.6 Å². The number of amides is 2. The lowest BCUT2D eigenvalue weighted by molar-refractivity contribution is 0.146. The summed E-state index contributed by atoms with van der Waals surface area (Å²) in [6, 6.07) is 12.4. The molecule has 0 aliphatic rings. The van der Waals surface area contributed by atoms with Gasteiger partial charge < -0.3 is 19.7 Å². The number of benzene rings is 1. The van der Waals surface area contributed by atoms with Crippen LogP contribution in [0, 0.1) is 0 Å². The second kappa shape index (κ2) is 11.1. The summed E-state index contributed by atoms with van der Waals surface area (Å²) in [5.74, 6) is 0.538. The quantitative estimate of drug-likeness (QED) is 0.513. The van der Waals surface area contributed by atoms with Crippen molar-refractivity contribution in [1.29, 1.82) is 0 Å². The summed E-state index contributed by atoms with van der Waals surface area (Å²) in [6.07, 6.45) is 6.86. The zero-order chi connectivity index (χ0) is 21.2. The molecule has 7 nitrogen and oxygen atoms in total. The van der Waals surface area contributed by atoms with Gasteiger partial charge in [-0.25, -0.2) is 4.79 Å². The number of methoxy groups -OCH3 is 1. The van der Waals surface area contributed by atoms with E-state index in [1.165, 1.54) is 0 Å². The fourth-order valence-electron chi connectivity index (χ4n) is 2.75. The third kappa shape index (κ3) is 6.43. The van der Waals surface area contributed by atoms with E-state index in [0.29, 0.717) is 42.8 Å². The minimum Gasteiger partial charge on any atom is -0.490 e. The maximum atomic E-state index is 13.0. The van der Waals surface area contributed by atoms with Crippen molar-refractivity contribution in [2.24, 2.45) is 0 Å². The number of hydrogen-bond acceptors (Lipinski definition) is 5. The van der Waals surface area contributed by atoms with E-state index in [4.69, 9.17) is 21.1 Å². The van der Waals surface area contributed by atoms with E-state index in [1.54, 1.807) is 55.0 Å². The zero-order valence-electron chi connectivity index (χ0n) is 16.6. The van der Waals surface area contributed by atoms with Crippen LogP contribution in [0.4, 0.5) is 10.5 Å². The van der Waals surface area contributed by atoms with E-state index in [1.807, 2.05) is 24.3 Å². The Morgan fingerprint density at radius 3 is 2.53 bits per heavy atom. The molecule has 0 atom stereocenters. The van der Waals surface area contributed by atoms with Crippen LogP contribution in [0.3, 0.4) is 0 Å². The summed E-state index contributed by atoms with van der Waals surface area (Å²) in [6.45, 7) is 1.70. The molecule has 0 saturated carbocycles. The Hall–Kier alpha value is -3.16. The number of aromatic nitrogens is 2. The molecule has 0 spiro atoms. The summed E-state index contributed by atoms with van der Waals surface area (Å²) >= 11 is 6.28. The molecular formula is C22H23ClN4O3. The lowest BCUT2D eigenvalue weighted by atomic mass is 10.2. The van der Waals surface area contributed by atoms with Crippen LogP contribution >= 0.6 is 11.6 Å². The van der Waals surface area contributed by atoms with Crippen molar-refractivity contribution in [2.45, 2.75) is 13.1 Å². The number of hydrogen-bond donors (Lipinski definition) is 1. The number of halogens is 1. The van der Waals surface area contributed by atoms with Crippen LogP contribution in [0.1, 0.15) is 11.1 Å². The molecule has 0 aliphatic heterocycles. The monoisotopic (exact) mass is 426 g/mol. The van der Waals surface area contributed by atoms with E-state index in [9.17, 15) is 4.79 Å². The molecular weight excluding hydrogens is 404 g/mol. The first kappa shape index (κ1) is 21.5. The second-order valence-corrected chi connectivity index (χ2v) is 6.90. The lowest BCUT2D eigenvalue weighted by Gasteiger charge is -2.23. The zero-order valence-corrected chi connectivity index (χ0v) is 17.4. The number of rotatable bonds is 9. The van der Waals surface area contributed by atoms with Crippen LogP contribution < -0.4 is 10.1 Å². The van der Waals surface area contributed by atoms with Crippen molar-refractivity contribution in [3.8, 4) is 5.75 Å². The van der Waals surface area contributed by atoms with Gasteiger partial charge in [-0.05, 0) is 47.5 Å². The number of urea groups is 1. The van der Waals surface area contributed by atoms with Crippen LogP contribution in [-0.4, -0.2) is 41.2 Å². The number of anilines is 1. The van der Waals surface area contributed by atoms with Gasteiger partial charge in [-0.1, -0.05) is 17.7 Å². The molecule has 0 radical (unpaired) electrons. The molecule has 2 heterocycles. The van der Waals surface area contributed by atoms with Crippen molar-refractivity contribution in [3.05, 3.63) is 83.4 Å². The van der Waals surface area contributed by atoms with Crippen molar-refractivity contribution in [2.75, 3.05) is 25.6 Å². The Balaban J connectivity index is 1.71. The molecule has 2 amide bonds. The van der Waals surface area contributed by atoms with Crippen molar-refractivity contribution >= 4 is 23.3 Å². The lowest BCUT2D eigenvalue weighted by Crippen LogP contribution is -2.34. The molecule has 1 N–H and O–H groups in total. The molecule has 1 aromatic carbocycles. The van der Waals surface area contributed by atoms with Crippen molar-refractivity contribution in [1.82, 2.24) is 14.9 Å². The van der Waals surface area contributed by atoms with Crippen LogP contribution in [0.5, 0.6) is 5.75 Å². The number of nitrogens with one attached hydrogen (secondary N) is 1. The third-order valence-corrected chi connectivity index (χ3v) is 4.53. The fraction of sp³-hybridized carbons (Fsp3) is 0.227. The van der Waals surface area contributed by atoms with Crippen molar-refractivity contribution in [3.63, 3.8) is 0 Å². The molecule has 0 saturated heterocycles. The number of pyridine rings is 2. The van der Waals surface area contributed by atoms with Crippen LogP contribution in [0.2, 0.25) is 5.02 Å². The van der Waals surface area contributed by atoms with E-state index >= 15 is 0 Å². The summed E-state index contributed by atoms with van der Waals surface area (Å²) in [4.78, 5) is 22.9. The molecule has 30 heavy (non-hydrogen) atoms. The highest BCUT2D eigenvalue weighted by molar-refractivity contribution is 6.32. The van der Waals surface area contributed by atoms with Gasteiger partial charge in [0, 0.05) is 50.7 Å². The highest BCUT2D eigenvalue weighted by atomic mass is 35.5. The Bertz CT molecular complexity index is 900. The molecule has 0 aliphatic carbocycles. The molecule has 156 valence electrons. The largest absolute Gasteiger partial charge is 0.490 e. The molecule has 3 rings (SSSR count). The van der Waals surface area contributed by atoms with Crippen LogP contribution in [0.15, 0.2) is 67.3 Å². The summed E-state index contributed by atoms with van der Waals surface area (Å²) in [7, 11) is 1.60. The molecule has 0 unspecified atom stereocenters. The minimum absolute atomic E-state index is 0.250. The maximum Gasteiger partial charge on any atom is 0.322 e. The van der Waals surface area contributed by atoms with Gasteiger partial charge in [0.2, 0.25) is 0 Å². The Kier molecular flexibility index (Phi) is 8.00. The van der Waals surface area contributed by atoms with E-state index < -0.39 is 0 Å². The van der Waals surface area contributed by atoms with E-state index in [-0.39, 0.29) is 6.03 Å².